The molecule has 3 rings (SSSR count). The number of aryl methyl sites for hydroxylation is 1. The van der Waals surface area contributed by atoms with E-state index in [1.165, 1.54) is 12.4 Å². The fraction of sp³-hybridized carbons (Fsp3) is 0.333. The molecule has 0 radical (unpaired) electrons. The van der Waals surface area contributed by atoms with Gasteiger partial charge in [-0.1, -0.05) is 30.3 Å². The van der Waals surface area contributed by atoms with Crippen molar-refractivity contribution in [3.63, 3.8) is 0 Å². The van der Waals surface area contributed by atoms with E-state index in [1.807, 2.05) is 18.2 Å². The number of hydrogen-bond acceptors (Lipinski definition) is 5. The summed E-state index contributed by atoms with van der Waals surface area (Å²) in [4.78, 5) is 34.9. The van der Waals surface area contributed by atoms with Crippen LogP contribution < -0.4 is 0 Å². The van der Waals surface area contributed by atoms with E-state index in [-0.39, 0.29) is 11.6 Å². The van der Waals surface area contributed by atoms with Crippen LogP contribution >= 0.6 is 0 Å². The Labute approximate surface area is 140 Å². The number of nitrogens with zero attached hydrogens (tertiary/aromatic N) is 3. The molecule has 1 amide bonds. The number of hydrogen-bond donors (Lipinski definition) is 0. The molecule has 0 bridgehead atoms. The fourth-order valence-electron chi connectivity index (χ4n) is 2.66. The topological polar surface area (TPSA) is 72.4 Å². The molecule has 2 aromatic rings. The molecule has 1 aromatic heterocycles. The standard InChI is InChI=1S/C18H19N3O3/c1-13-11-20-15(12-19-13)18(23)24-16(14-7-3-2-4-8-14)17(22)21-9-5-6-10-21/h2-4,7-8,11-12,16H,5-6,9-10H2,1H3/t16-/m0/s1. The first-order chi connectivity index (χ1) is 11.6. The van der Waals surface area contributed by atoms with E-state index in [2.05, 4.69) is 9.97 Å². The summed E-state index contributed by atoms with van der Waals surface area (Å²) in [6.07, 6.45) is 3.85. The second kappa shape index (κ2) is 7.21. The summed E-state index contributed by atoms with van der Waals surface area (Å²) < 4.78 is 5.50. The van der Waals surface area contributed by atoms with Gasteiger partial charge < -0.3 is 9.64 Å². The Morgan fingerprint density at radius 3 is 2.42 bits per heavy atom. The lowest BCUT2D eigenvalue weighted by atomic mass is 10.1. The lowest BCUT2D eigenvalue weighted by Gasteiger charge is -2.23. The van der Waals surface area contributed by atoms with Crippen LogP contribution in [0, 0.1) is 6.92 Å². The third-order valence-corrected chi connectivity index (χ3v) is 3.96. The number of aromatic nitrogens is 2. The molecule has 0 spiro atoms. The zero-order chi connectivity index (χ0) is 16.9. The molecule has 0 unspecified atom stereocenters. The van der Waals surface area contributed by atoms with Gasteiger partial charge in [-0.05, 0) is 19.8 Å². The maximum atomic E-state index is 12.8. The van der Waals surface area contributed by atoms with Gasteiger partial charge in [0.25, 0.3) is 5.91 Å². The highest BCUT2D eigenvalue weighted by Gasteiger charge is 2.31. The van der Waals surface area contributed by atoms with Gasteiger partial charge in [-0.3, -0.25) is 9.78 Å². The molecule has 6 nitrogen and oxygen atoms in total. The van der Waals surface area contributed by atoms with E-state index < -0.39 is 12.1 Å². The summed E-state index contributed by atoms with van der Waals surface area (Å²) in [6.45, 7) is 3.18. The molecular formula is C18H19N3O3. The van der Waals surface area contributed by atoms with E-state index in [0.717, 1.165) is 12.8 Å². The molecule has 1 fully saturated rings. The maximum absolute atomic E-state index is 12.8. The van der Waals surface area contributed by atoms with Crippen LogP contribution in [0.15, 0.2) is 42.7 Å². The average molecular weight is 325 g/mol. The highest BCUT2D eigenvalue weighted by Crippen LogP contribution is 2.23. The van der Waals surface area contributed by atoms with Gasteiger partial charge in [0.1, 0.15) is 0 Å². The summed E-state index contributed by atoms with van der Waals surface area (Å²) in [7, 11) is 0. The van der Waals surface area contributed by atoms with Crippen molar-refractivity contribution in [2.24, 2.45) is 0 Å². The molecule has 1 saturated heterocycles. The van der Waals surface area contributed by atoms with E-state index in [0.29, 0.717) is 24.3 Å². The van der Waals surface area contributed by atoms with Gasteiger partial charge in [-0.2, -0.15) is 0 Å². The van der Waals surface area contributed by atoms with E-state index in [9.17, 15) is 9.59 Å². The zero-order valence-electron chi connectivity index (χ0n) is 13.5. The number of esters is 1. The van der Waals surface area contributed by atoms with Crippen molar-refractivity contribution < 1.29 is 14.3 Å². The van der Waals surface area contributed by atoms with E-state index >= 15 is 0 Å². The molecule has 0 saturated carbocycles. The molecule has 6 heteroatoms. The Morgan fingerprint density at radius 1 is 1.08 bits per heavy atom. The molecular weight excluding hydrogens is 306 g/mol. The van der Waals surface area contributed by atoms with Crippen LogP contribution in [0.5, 0.6) is 0 Å². The smallest absolute Gasteiger partial charge is 0.359 e. The summed E-state index contributed by atoms with van der Waals surface area (Å²) in [5.74, 6) is -0.837. The monoisotopic (exact) mass is 325 g/mol. The van der Waals surface area contributed by atoms with Crippen molar-refractivity contribution in [2.75, 3.05) is 13.1 Å². The number of likely N-dealkylation sites (tertiary alicyclic amines) is 1. The third kappa shape index (κ3) is 3.59. The van der Waals surface area contributed by atoms with Gasteiger partial charge in [-0.15, -0.1) is 0 Å². The van der Waals surface area contributed by atoms with Crippen LogP contribution in [-0.2, 0) is 9.53 Å². The van der Waals surface area contributed by atoms with Crippen LogP contribution in [0.4, 0.5) is 0 Å². The normalized spacial score (nSPS) is 15.1. The number of rotatable bonds is 4. The predicted octanol–water partition coefficient (Wildman–Crippen LogP) is 2.31. The fourth-order valence-corrected chi connectivity index (χ4v) is 2.66. The average Bonchev–Trinajstić information content (AvgIpc) is 3.15. The summed E-state index contributed by atoms with van der Waals surface area (Å²) in [5.41, 5.74) is 1.46. The van der Waals surface area contributed by atoms with Gasteiger partial charge in [0.05, 0.1) is 11.9 Å². The van der Waals surface area contributed by atoms with Crippen LogP contribution in [0.2, 0.25) is 0 Å². The predicted molar refractivity (Wildman–Crippen MR) is 87.2 cm³/mol. The summed E-state index contributed by atoms with van der Waals surface area (Å²) in [5, 5.41) is 0. The minimum atomic E-state index is -0.958. The summed E-state index contributed by atoms with van der Waals surface area (Å²) >= 11 is 0. The Bertz CT molecular complexity index is 710. The molecule has 2 heterocycles. The first-order valence-electron chi connectivity index (χ1n) is 7.98. The number of carbonyl (C=O) groups is 2. The number of amides is 1. The van der Waals surface area contributed by atoms with Gasteiger partial charge >= 0.3 is 5.97 Å². The Balaban J connectivity index is 1.83. The van der Waals surface area contributed by atoms with E-state index in [4.69, 9.17) is 4.74 Å². The Hall–Kier alpha value is -2.76. The molecule has 1 atom stereocenters. The Kier molecular flexibility index (Phi) is 4.84. The quantitative estimate of drug-likeness (QED) is 0.807. The first kappa shape index (κ1) is 16.1. The van der Waals surface area contributed by atoms with Crippen LogP contribution in [-0.4, -0.2) is 39.8 Å². The maximum Gasteiger partial charge on any atom is 0.359 e. The van der Waals surface area contributed by atoms with Crippen molar-refractivity contribution in [3.05, 3.63) is 59.7 Å². The van der Waals surface area contributed by atoms with Crippen molar-refractivity contribution in [2.45, 2.75) is 25.9 Å². The van der Waals surface area contributed by atoms with Gasteiger partial charge in [0, 0.05) is 24.8 Å². The van der Waals surface area contributed by atoms with Crippen molar-refractivity contribution in [1.82, 2.24) is 14.9 Å². The second-order valence-corrected chi connectivity index (χ2v) is 5.77. The highest BCUT2D eigenvalue weighted by molar-refractivity contribution is 5.91. The molecule has 1 aliphatic rings. The molecule has 124 valence electrons. The van der Waals surface area contributed by atoms with Gasteiger partial charge in [0.15, 0.2) is 5.69 Å². The number of ether oxygens (including phenoxy) is 1. The molecule has 0 N–H and O–H groups in total. The van der Waals surface area contributed by atoms with Crippen LogP contribution in [0.3, 0.4) is 0 Å². The third-order valence-electron chi connectivity index (χ3n) is 3.96. The molecule has 0 aliphatic carbocycles. The van der Waals surface area contributed by atoms with Crippen molar-refractivity contribution in [3.8, 4) is 0 Å². The van der Waals surface area contributed by atoms with E-state index in [1.54, 1.807) is 24.0 Å². The number of carbonyl (C=O) groups excluding carboxylic acids is 2. The molecule has 1 aliphatic heterocycles. The SMILES string of the molecule is Cc1cnc(C(=O)O[C@H](C(=O)N2CCCC2)c2ccccc2)cn1. The second-order valence-electron chi connectivity index (χ2n) is 5.77. The van der Waals surface area contributed by atoms with Gasteiger partial charge in [-0.25, -0.2) is 9.78 Å². The van der Waals surface area contributed by atoms with Crippen molar-refractivity contribution in [1.29, 1.82) is 0 Å². The molecule has 24 heavy (non-hydrogen) atoms. The number of benzene rings is 1. The van der Waals surface area contributed by atoms with Gasteiger partial charge in [0.2, 0.25) is 6.10 Å². The largest absolute Gasteiger partial charge is 0.443 e. The minimum Gasteiger partial charge on any atom is -0.443 e. The highest BCUT2D eigenvalue weighted by atomic mass is 16.5. The first-order valence-corrected chi connectivity index (χ1v) is 7.98. The zero-order valence-corrected chi connectivity index (χ0v) is 13.5. The Morgan fingerprint density at radius 2 is 1.79 bits per heavy atom. The lowest BCUT2D eigenvalue weighted by Crippen LogP contribution is -2.35. The van der Waals surface area contributed by atoms with Crippen LogP contribution in [0.1, 0.15) is 40.7 Å². The lowest BCUT2D eigenvalue weighted by molar-refractivity contribution is -0.140. The molecule has 1 aromatic carbocycles. The van der Waals surface area contributed by atoms with Crippen molar-refractivity contribution >= 4 is 11.9 Å². The summed E-state index contributed by atoms with van der Waals surface area (Å²) in [6, 6.07) is 9.06. The minimum absolute atomic E-state index is 0.0933. The van der Waals surface area contributed by atoms with Crippen LogP contribution in [0.25, 0.3) is 0 Å².